The van der Waals surface area contributed by atoms with Crippen LogP contribution >= 0.6 is 0 Å². The van der Waals surface area contributed by atoms with Crippen molar-refractivity contribution in [1.29, 1.82) is 0 Å². The molecule has 0 aliphatic carbocycles. The zero-order valence-corrected chi connectivity index (χ0v) is 11.6. The molecule has 0 aliphatic rings. The van der Waals surface area contributed by atoms with Crippen molar-refractivity contribution in [3.8, 4) is 0 Å². The monoisotopic (exact) mass is 296 g/mol. The van der Waals surface area contributed by atoms with Crippen molar-refractivity contribution >= 4 is 0 Å². The van der Waals surface area contributed by atoms with Gasteiger partial charge in [-0.25, -0.2) is 9.97 Å². The van der Waals surface area contributed by atoms with Crippen LogP contribution in [0.5, 0.6) is 0 Å². The fourth-order valence-corrected chi connectivity index (χ4v) is 2.06. The molecule has 2 aromatic rings. The quantitative estimate of drug-likeness (QED) is 0.943. The van der Waals surface area contributed by atoms with Crippen LogP contribution in [0.15, 0.2) is 30.5 Å². The van der Waals surface area contributed by atoms with Crippen molar-refractivity contribution in [3.05, 3.63) is 58.7 Å². The number of aryl methyl sites for hydroxylation is 1. The minimum absolute atomic E-state index is 0.213. The van der Waals surface area contributed by atoms with Crippen LogP contribution in [0.3, 0.4) is 0 Å². The molecule has 0 amide bonds. The first-order chi connectivity index (χ1) is 9.77. The second-order valence-corrected chi connectivity index (χ2v) is 4.88. The Kier molecular flexibility index (Phi) is 4.27. The predicted molar refractivity (Wildman–Crippen MR) is 71.7 cm³/mol. The van der Waals surface area contributed by atoms with Gasteiger partial charge < -0.3 is 5.11 Å². The molecule has 0 spiro atoms. The van der Waals surface area contributed by atoms with E-state index in [1.165, 1.54) is 12.3 Å². The Hall–Kier alpha value is -1.95. The molecule has 6 heteroatoms. The summed E-state index contributed by atoms with van der Waals surface area (Å²) in [6.07, 6.45) is -3.31. The van der Waals surface area contributed by atoms with Gasteiger partial charge >= 0.3 is 6.18 Å². The van der Waals surface area contributed by atoms with E-state index in [1.54, 1.807) is 19.9 Å². The van der Waals surface area contributed by atoms with Gasteiger partial charge in [0.2, 0.25) is 0 Å². The molecule has 1 atom stereocenters. The molecule has 1 heterocycles. The summed E-state index contributed by atoms with van der Waals surface area (Å²) in [5, 5.41) is 9.51. The third-order valence-corrected chi connectivity index (χ3v) is 3.13. The van der Waals surface area contributed by atoms with E-state index in [-0.39, 0.29) is 6.42 Å². The molecule has 0 saturated carbocycles. The summed E-state index contributed by atoms with van der Waals surface area (Å²) in [5.41, 5.74) is 1.05. The third-order valence-electron chi connectivity index (χ3n) is 3.13. The summed E-state index contributed by atoms with van der Waals surface area (Å²) < 4.78 is 38.0. The van der Waals surface area contributed by atoms with Crippen molar-refractivity contribution < 1.29 is 18.3 Å². The summed E-state index contributed by atoms with van der Waals surface area (Å²) in [6.45, 7) is 3.34. The molecule has 0 fully saturated rings. The fraction of sp³-hybridized carbons (Fsp3) is 0.333. The molecule has 0 radical (unpaired) electrons. The topological polar surface area (TPSA) is 46.0 Å². The van der Waals surface area contributed by atoms with Gasteiger partial charge in [-0.2, -0.15) is 13.2 Å². The lowest BCUT2D eigenvalue weighted by atomic mass is 10.1. The number of rotatable bonds is 3. The first kappa shape index (κ1) is 15.4. The molecular formula is C15H15F3N2O. The number of alkyl halides is 3. The fourth-order valence-electron chi connectivity index (χ4n) is 2.06. The molecule has 2 rings (SSSR count). The normalized spacial score (nSPS) is 13.2. The minimum Gasteiger partial charge on any atom is -0.389 e. The lowest BCUT2D eigenvalue weighted by molar-refractivity contribution is -0.137. The van der Waals surface area contributed by atoms with Crippen molar-refractivity contribution in [3.63, 3.8) is 0 Å². The van der Waals surface area contributed by atoms with Gasteiger partial charge in [-0.3, -0.25) is 0 Å². The Morgan fingerprint density at radius 3 is 2.57 bits per heavy atom. The van der Waals surface area contributed by atoms with E-state index < -0.39 is 17.8 Å². The van der Waals surface area contributed by atoms with Crippen LogP contribution in [-0.4, -0.2) is 15.1 Å². The Balaban J connectivity index is 2.25. The number of aliphatic hydroxyl groups is 1. The Labute approximate surface area is 120 Å². The van der Waals surface area contributed by atoms with Gasteiger partial charge in [0.1, 0.15) is 5.82 Å². The Morgan fingerprint density at radius 1 is 1.29 bits per heavy atom. The number of aliphatic hydroxyl groups excluding tert-OH is 1. The van der Waals surface area contributed by atoms with Crippen LogP contribution in [0.1, 0.15) is 41.2 Å². The molecule has 1 N–H and O–H groups in total. The maximum Gasteiger partial charge on any atom is 0.416 e. The standard InChI is InChI=1S/C15H15F3N2O/c1-9-13(10(2)21)8-19-14(20-9)7-11-4-3-5-12(6-11)15(16,17)18/h3-6,8,10,21H,7H2,1-2H3. The summed E-state index contributed by atoms with van der Waals surface area (Å²) in [6, 6.07) is 5.11. The SMILES string of the molecule is Cc1nc(Cc2cccc(C(F)(F)F)c2)ncc1C(C)O. The second kappa shape index (κ2) is 5.81. The average molecular weight is 296 g/mol. The van der Waals surface area contributed by atoms with Crippen molar-refractivity contribution in [2.24, 2.45) is 0 Å². The number of nitrogens with zero attached hydrogens (tertiary/aromatic N) is 2. The number of benzene rings is 1. The van der Waals surface area contributed by atoms with Crippen molar-refractivity contribution in [2.45, 2.75) is 32.5 Å². The summed E-state index contributed by atoms with van der Waals surface area (Å²) in [7, 11) is 0. The molecule has 21 heavy (non-hydrogen) atoms. The van der Waals surface area contributed by atoms with Crippen LogP contribution in [0.2, 0.25) is 0 Å². The molecule has 1 aromatic carbocycles. The minimum atomic E-state index is -4.36. The predicted octanol–water partition coefficient (Wildman–Crippen LogP) is 3.45. The van der Waals surface area contributed by atoms with E-state index in [0.717, 1.165) is 12.1 Å². The summed E-state index contributed by atoms with van der Waals surface area (Å²) in [5.74, 6) is 0.427. The molecule has 0 aliphatic heterocycles. The van der Waals surface area contributed by atoms with Crippen LogP contribution in [0.4, 0.5) is 13.2 Å². The average Bonchev–Trinajstić information content (AvgIpc) is 2.37. The molecule has 1 aromatic heterocycles. The highest BCUT2D eigenvalue weighted by molar-refractivity contribution is 5.28. The first-order valence-corrected chi connectivity index (χ1v) is 6.44. The first-order valence-electron chi connectivity index (χ1n) is 6.44. The molecule has 1 unspecified atom stereocenters. The third kappa shape index (κ3) is 3.78. The van der Waals surface area contributed by atoms with Crippen molar-refractivity contribution in [1.82, 2.24) is 9.97 Å². The molecular weight excluding hydrogens is 281 g/mol. The van der Waals surface area contributed by atoms with E-state index in [0.29, 0.717) is 22.6 Å². The van der Waals surface area contributed by atoms with Gasteiger partial charge in [0, 0.05) is 23.9 Å². The molecule has 0 bridgehead atoms. The van der Waals surface area contributed by atoms with Gasteiger partial charge in [0.25, 0.3) is 0 Å². The maximum atomic E-state index is 12.7. The van der Waals surface area contributed by atoms with E-state index >= 15 is 0 Å². The van der Waals surface area contributed by atoms with E-state index in [4.69, 9.17) is 0 Å². The zero-order valence-electron chi connectivity index (χ0n) is 11.6. The molecule has 3 nitrogen and oxygen atoms in total. The number of halogens is 3. The van der Waals surface area contributed by atoms with Crippen LogP contribution in [0.25, 0.3) is 0 Å². The number of hydrogen-bond acceptors (Lipinski definition) is 3. The highest BCUT2D eigenvalue weighted by Crippen LogP contribution is 2.29. The lowest BCUT2D eigenvalue weighted by Crippen LogP contribution is -2.07. The maximum absolute atomic E-state index is 12.7. The van der Waals surface area contributed by atoms with Gasteiger partial charge in [-0.05, 0) is 25.5 Å². The number of hydrogen-bond donors (Lipinski definition) is 1. The highest BCUT2D eigenvalue weighted by atomic mass is 19.4. The van der Waals surface area contributed by atoms with Gasteiger partial charge in [0.05, 0.1) is 11.7 Å². The van der Waals surface area contributed by atoms with Gasteiger partial charge in [-0.1, -0.05) is 18.2 Å². The van der Waals surface area contributed by atoms with Crippen molar-refractivity contribution in [2.75, 3.05) is 0 Å². The van der Waals surface area contributed by atoms with Gasteiger partial charge in [-0.15, -0.1) is 0 Å². The van der Waals surface area contributed by atoms with Gasteiger partial charge in [0.15, 0.2) is 0 Å². The summed E-state index contributed by atoms with van der Waals surface area (Å²) in [4.78, 5) is 8.32. The molecule has 0 saturated heterocycles. The largest absolute Gasteiger partial charge is 0.416 e. The van der Waals surface area contributed by atoms with E-state index in [1.807, 2.05) is 0 Å². The lowest BCUT2D eigenvalue weighted by Gasteiger charge is -2.10. The zero-order chi connectivity index (χ0) is 15.6. The summed E-state index contributed by atoms with van der Waals surface area (Å²) >= 11 is 0. The van der Waals surface area contributed by atoms with Crippen LogP contribution < -0.4 is 0 Å². The van der Waals surface area contributed by atoms with E-state index in [9.17, 15) is 18.3 Å². The smallest absolute Gasteiger partial charge is 0.389 e. The molecule has 112 valence electrons. The Bertz CT molecular complexity index is 639. The van der Waals surface area contributed by atoms with Crippen LogP contribution in [-0.2, 0) is 12.6 Å². The Morgan fingerprint density at radius 2 is 2.00 bits per heavy atom. The number of aromatic nitrogens is 2. The highest BCUT2D eigenvalue weighted by Gasteiger charge is 2.30. The van der Waals surface area contributed by atoms with Crippen LogP contribution in [0, 0.1) is 6.92 Å². The van der Waals surface area contributed by atoms with E-state index in [2.05, 4.69) is 9.97 Å². The second-order valence-electron chi connectivity index (χ2n) is 4.88.